The number of methoxy groups -OCH3 is 1. The van der Waals surface area contributed by atoms with Crippen LogP contribution in [0.4, 0.5) is 0 Å². The predicted octanol–water partition coefficient (Wildman–Crippen LogP) is 1.71. The maximum atomic E-state index is 12.8. The van der Waals surface area contributed by atoms with Gasteiger partial charge in [0, 0.05) is 25.2 Å². The fourth-order valence-electron chi connectivity index (χ4n) is 3.48. The minimum absolute atomic E-state index is 0.0638. The first-order valence-corrected chi connectivity index (χ1v) is 7.52. The Hall–Kier alpha value is -1.75. The Morgan fingerprint density at radius 1 is 1.38 bits per heavy atom. The predicted molar refractivity (Wildman–Crippen MR) is 79.8 cm³/mol. The van der Waals surface area contributed by atoms with Gasteiger partial charge in [-0.3, -0.25) is 9.69 Å². The molecule has 1 aromatic rings. The molecule has 1 aromatic carbocycles. The zero-order valence-corrected chi connectivity index (χ0v) is 12.6. The largest absolute Gasteiger partial charge is 0.504 e. The molecule has 2 heterocycles. The molecule has 0 radical (unpaired) electrons. The summed E-state index contributed by atoms with van der Waals surface area (Å²) in [5.74, 6) is 0.171. The van der Waals surface area contributed by atoms with Crippen molar-refractivity contribution in [1.82, 2.24) is 9.80 Å². The first-order valence-electron chi connectivity index (χ1n) is 7.52. The normalized spacial score (nSPS) is 25.7. The maximum absolute atomic E-state index is 12.8. The molecule has 0 spiro atoms. The van der Waals surface area contributed by atoms with Crippen LogP contribution in [-0.4, -0.2) is 59.6 Å². The van der Waals surface area contributed by atoms with E-state index in [0.717, 1.165) is 26.1 Å². The van der Waals surface area contributed by atoms with Crippen molar-refractivity contribution in [3.63, 3.8) is 0 Å². The van der Waals surface area contributed by atoms with Crippen LogP contribution in [0.5, 0.6) is 11.5 Å². The maximum Gasteiger partial charge on any atom is 0.258 e. The number of carbonyl (C=O) groups is 1. The Kier molecular flexibility index (Phi) is 3.76. The van der Waals surface area contributed by atoms with Crippen molar-refractivity contribution in [3.8, 4) is 11.5 Å². The molecule has 5 heteroatoms. The van der Waals surface area contributed by atoms with Crippen LogP contribution in [0.1, 0.15) is 30.1 Å². The Morgan fingerprint density at radius 3 is 2.95 bits per heavy atom. The van der Waals surface area contributed by atoms with Gasteiger partial charge in [0.1, 0.15) is 0 Å². The molecule has 21 heavy (non-hydrogen) atoms. The van der Waals surface area contributed by atoms with Gasteiger partial charge < -0.3 is 14.7 Å². The monoisotopic (exact) mass is 290 g/mol. The van der Waals surface area contributed by atoms with Crippen LogP contribution in [0.25, 0.3) is 0 Å². The van der Waals surface area contributed by atoms with E-state index < -0.39 is 0 Å². The van der Waals surface area contributed by atoms with Gasteiger partial charge in [-0.2, -0.15) is 0 Å². The quantitative estimate of drug-likeness (QED) is 0.901. The van der Waals surface area contributed by atoms with Gasteiger partial charge in [0.25, 0.3) is 5.91 Å². The Labute approximate surface area is 125 Å². The number of phenolic OH excluding ortho intramolecular Hbond substituents is 1. The zero-order chi connectivity index (χ0) is 15.0. The van der Waals surface area contributed by atoms with E-state index in [1.165, 1.54) is 13.5 Å². The molecular formula is C16H22N2O3. The van der Waals surface area contributed by atoms with E-state index in [9.17, 15) is 9.90 Å². The average Bonchev–Trinajstić information content (AvgIpc) is 2.93. The van der Waals surface area contributed by atoms with Crippen molar-refractivity contribution < 1.29 is 14.6 Å². The third kappa shape index (κ3) is 2.46. The van der Waals surface area contributed by atoms with Crippen molar-refractivity contribution >= 4 is 5.91 Å². The number of hydrogen-bond acceptors (Lipinski definition) is 4. The standard InChI is InChI=1S/C16H22N2O3/c1-11-9-17-8-4-5-12(17)10-18(11)16(20)13-6-3-7-14(21-2)15(13)19/h3,6-7,11-12,19H,4-5,8-10H2,1-2H3. The highest BCUT2D eigenvalue weighted by Gasteiger charge is 2.37. The summed E-state index contributed by atoms with van der Waals surface area (Å²) in [4.78, 5) is 17.1. The summed E-state index contributed by atoms with van der Waals surface area (Å²) >= 11 is 0. The van der Waals surface area contributed by atoms with Crippen LogP contribution in [-0.2, 0) is 0 Å². The van der Waals surface area contributed by atoms with Gasteiger partial charge in [-0.15, -0.1) is 0 Å². The van der Waals surface area contributed by atoms with E-state index in [1.807, 2.05) is 4.90 Å². The number of nitrogens with zero attached hydrogens (tertiary/aromatic N) is 2. The van der Waals surface area contributed by atoms with Crippen molar-refractivity contribution in [1.29, 1.82) is 0 Å². The highest BCUT2D eigenvalue weighted by molar-refractivity contribution is 5.98. The first kappa shape index (κ1) is 14.2. The number of phenols is 1. The molecule has 2 saturated heterocycles. The molecule has 0 aromatic heterocycles. The smallest absolute Gasteiger partial charge is 0.258 e. The van der Waals surface area contributed by atoms with Crippen LogP contribution in [0, 0.1) is 0 Å². The first-order chi connectivity index (χ1) is 10.1. The molecule has 2 fully saturated rings. The molecule has 2 unspecified atom stereocenters. The summed E-state index contributed by atoms with van der Waals surface area (Å²) in [6.07, 6.45) is 2.37. The van der Waals surface area contributed by atoms with Gasteiger partial charge >= 0.3 is 0 Å². The molecule has 3 rings (SSSR count). The second kappa shape index (κ2) is 5.56. The van der Waals surface area contributed by atoms with Crippen LogP contribution in [0.3, 0.4) is 0 Å². The van der Waals surface area contributed by atoms with E-state index in [1.54, 1.807) is 18.2 Å². The summed E-state index contributed by atoms with van der Waals surface area (Å²) in [6.45, 7) is 4.88. The van der Waals surface area contributed by atoms with Gasteiger partial charge in [-0.05, 0) is 38.4 Å². The second-order valence-electron chi connectivity index (χ2n) is 5.95. The third-order valence-electron chi connectivity index (χ3n) is 4.65. The molecular weight excluding hydrogens is 268 g/mol. The molecule has 0 saturated carbocycles. The number of ether oxygens (including phenoxy) is 1. The van der Waals surface area contributed by atoms with Crippen molar-refractivity contribution in [2.75, 3.05) is 26.7 Å². The highest BCUT2D eigenvalue weighted by atomic mass is 16.5. The molecule has 1 amide bonds. The second-order valence-corrected chi connectivity index (χ2v) is 5.95. The fourth-order valence-corrected chi connectivity index (χ4v) is 3.48. The number of piperazine rings is 1. The number of para-hydroxylation sites is 1. The lowest BCUT2D eigenvalue weighted by Crippen LogP contribution is -2.56. The number of hydrogen-bond donors (Lipinski definition) is 1. The SMILES string of the molecule is COc1cccc(C(=O)N2CC3CCCN3CC2C)c1O. The number of aromatic hydroxyl groups is 1. The fraction of sp³-hybridized carbons (Fsp3) is 0.562. The minimum atomic E-state index is -0.106. The lowest BCUT2D eigenvalue weighted by atomic mass is 10.1. The molecule has 2 atom stereocenters. The van der Waals surface area contributed by atoms with E-state index >= 15 is 0 Å². The van der Waals surface area contributed by atoms with Crippen molar-refractivity contribution in [2.24, 2.45) is 0 Å². The molecule has 2 aliphatic heterocycles. The van der Waals surface area contributed by atoms with Crippen LogP contribution in [0.2, 0.25) is 0 Å². The van der Waals surface area contributed by atoms with Gasteiger partial charge in [0.15, 0.2) is 11.5 Å². The summed E-state index contributed by atoms with van der Waals surface area (Å²) in [7, 11) is 1.49. The molecule has 2 aliphatic rings. The van der Waals surface area contributed by atoms with Gasteiger partial charge in [0.2, 0.25) is 0 Å². The molecule has 0 bridgehead atoms. The Bertz CT molecular complexity index is 546. The number of amides is 1. The van der Waals surface area contributed by atoms with Crippen molar-refractivity contribution in [2.45, 2.75) is 31.8 Å². The zero-order valence-electron chi connectivity index (χ0n) is 12.6. The van der Waals surface area contributed by atoms with Crippen LogP contribution in [0.15, 0.2) is 18.2 Å². The summed E-state index contributed by atoms with van der Waals surface area (Å²) < 4.78 is 5.09. The third-order valence-corrected chi connectivity index (χ3v) is 4.65. The molecule has 114 valence electrons. The molecule has 0 aliphatic carbocycles. The number of benzene rings is 1. The minimum Gasteiger partial charge on any atom is -0.504 e. The van der Waals surface area contributed by atoms with Crippen LogP contribution >= 0.6 is 0 Å². The summed E-state index contributed by atoms with van der Waals surface area (Å²) in [5.41, 5.74) is 0.327. The number of carbonyl (C=O) groups excluding carboxylic acids is 1. The van der Waals surface area contributed by atoms with E-state index in [0.29, 0.717) is 17.4 Å². The van der Waals surface area contributed by atoms with Gasteiger partial charge in [0.05, 0.1) is 12.7 Å². The van der Waals surface area contributed by atoms with E-state index in [2.05, 4.69) is 11.8 Å². The lowest BCUT2D eigenvalue weighted by molar-refractivity contribution is 0.0392. The Balaban J connectivity index is 1.84. The lowest BCUT2D eigenvalue weighted by Gasteiger charge is -2.42. The van der Waals surface area contributed by atoms with Crippen molar-refractivity contribution in [3.05, 3.63) is 23.8 Å². The van der Waals surface area contributed by atoms with E-state index in [-0.39, 0.29) is 17.7 Å². The van der Waals surface area contributed by atoms with Gasteiger partial charge in [-0.25, -0.2) is 0 Å². The topological polar surface area (TPSA) is 53.0 Å². The average molecular weight is 290 g/mol. The molecule has 5 nitrogen and oxygen atoms in total. The summed E-state index contributed by atoms with van der Waals surface area (Å²) in [6, 6.07) is 5.69. The Morgan fingerprint density at radius 2 is 2.19 bits per heavy atom. The summed E-state index contributed by atoms with van der Waals surface area (Å²) in [5, 5.41) is 10.2. The molecule has 1 N–H and O–H groups in total. The van der Waals surface area contributed by atoms with Gasteiger partial charge in [-0.1, -0.05) is 6.07 Å². The van der Waals surface area contributed by atoms with E-state index in [4.69, 9.17) is 4.74 Å². The highest BCUT2D eigenvalue weighted by Crippen LogP contribution is 2.32. The van der Waals surface area contributed by atoms with Crippen LogP contribution < -0.4 is 4.74 Å². The number of fused-ring (bicyclic) bond motifs is 1. The number of rotatable bonds is 2.